The third-order valence-corrected chi connectivity index (χ3v) is 3.12. The van der Waals surface area contributed by atoms with Crippen LogP contribution in [0.4, 0.5) is 11.4 Å². The monoisotopic (exact) mass is 361 g/mol. The molecule has 17 heavy (non-hydrogen) atoms. The number of nitrogens with zero attached hydrogens (tertiary/aromatic N) is 3. The van der Waals surface area contributed by atoms with Gasteiger partial charge in [0.05, 0.1) is 16.9 Å². The van der Waals surface area contributed by atoms with Crippen LogP contribution in [0, 0.1) is 0 Å². The number of azo groups is 1. The number of benzene rings is 1. The summed E-state index contributed by atoms with van der Waals surface area (Å²) in [4.78, 5) is 2.04. The van der Waals surface area contributed by atoms with Crippen LogP contribution in [0.1, 0.15) is 20.8 Å². The number of rotatable bonds is 2. The van der Waals surface area contributed by atoms with Gasteiger partial charge in [-0.05, 0) is 64.8 Å². The molecule has 5 heteroatoms. The van der Waals surface area contributed by atoms with E-state index in [0.717, 1.165) is 20.3 Å². The third kappa shape index (κ3) is 4.39. The van der Waals surface area contributed by atoms with E-state index in [4.69, 9.17) is 0 Å². The maximum atomic E-state index is 4.25. The van der Waals surface area contributed by atoms with Crippen molar-refractivity contribution < 1.29 is 0 Å². The minimum atomic E-state index is -0.154. The van der Waals surface area contributed by atoms with E-state index in [0.29, 0.717) is 0 Å². The molecule has 0 N–H and O–H groups in total. The van der Waals surface area contributed by atoms with Gasteiger partial charge in [-0.3, -0.25) is 0 Å². The summed E-state index contributed by atoms with van der Waals surface area (Å²) in [6, 6.07) is 3.94. The van der Waals surface area contributed by atoms with Crippen molar-refractivity contribution in [1.82, 2.24) is 0 Å². The molecule has 0 bridgehead atoms. The van der Waals surface area contributed by atoms with E-state index >= 15 is 0 Å². The van der Waals surface area contributed by atoms with Gasteiger partial charge in [-0.2, -0.15) is 10.2 Å². The van der Waals surface area contributed by atoms with E-state index in [9.17, 15) is 0 Å². The molecule has 0 heterocycles. The summed E-state index contributed by atoms with van der Waals surface area (Å²) >= 11 is 7.09. The van der Waals surface area contributed by atoms with Gasteiger partial charge in [0, 0.05) is 23.0 Å². The first kappa shape index (κ1) is 14.6. The maximum absolute atomic E-state index is 4.25. The van der Waals surface area contributed by atoms with Crippen molar-refractivity contribution in [2.24, 2.45) is 10.2 Å². The van der Waals surface area contributed by atoms with Gasteiger partial charge in [-0.25, -0.2) is 0 Å². The lowest BCUT2D eigenvalue weighted by Gasteiger charge is -2.17. The molecule has 0 saturated heterocycles. The van der Waals surface area contributed by atoms with Crippen LogP contribution in [-0.4, -0.2) is 19.6 Å². The van der Waals surface area contributed by atoms with Crippen LogP contribution in [-0.2, 0) is 0 Å². The summed E-state index contributed by atoms with van der Waals surface area (Å²) in [5.74, 6) is 0. The molecule has 0 aliphatic rings. The average molecular weight is 363 g/mol. The highest BCUT2D eigenvalue weighted by atomic mass is 79.9. The molecule has 1 aromatic carbocycles. The first-order valence-corrected chi connectivity index (χ1v) is 6.88. The summed E-state index contributed by atoms with van der Waals surface area (Å²) in [5, 5.41) is 8.50. The highest BCUT2D eigenvalue weighted by Gasteiger charge is 2.10. The average Bonchev–Trinajstić information content (AvgIpc) is 2.11. The summed E-state index contributed by atoms with van der Waals surface area (Å²) in [6.07, 6.45) is 0. The molecule has 0 aromatic heterocycles. The Bertz CT molecular complexity index is 411. The first-order chi connectivity index (χ1) is 7.70. The van der Waals surface area contributed by atoms with E-state index in [1.165, 1.54) is 0 Å². The number of anilines is 1. The van der Waals surface area contributed by atoms with Crippen molar-refractivity contribution in [3.05, 3.63) is 21.1 Å². The molecule has 0 radical (unpaired) electrons. The second-order valence-corrected chi connectivity index (χ2v) is 6.73. The summed E-state index contributed by atoms with van der Waals surface area (Å²) < 4.78 is 2.00. The van der Waals surface area contributed by atoms with Gasteiger partial charge in [0.25, 0.3) is 0 Å². The number of hydrogen-bond acceptors (Lipinski definition) is 3. The predicted octanol–water partition coefficient (Wildman–Crippen LogP) is 5.16. The van der Waals surface area contributed by atoms with Gasteiger partial charge in [0.1, 0.15) is 0 Å². The van der Waals surface area contributed by atoms with E-state index in [1.807, 2.05) is 51.9 Å². The zero-order valence-electron chi connectivity index (χ0n) is 10.8. The van der Waals surface area contributed by atoms with Crippen molar-refractivity contribution in [3.63, 3.8) is 0 Å². The fourth-order valence-electron chi connectivity index (χ4n) is 1.24. The van der Waals surface area contributed by atoms with E-state index in [1.54, 1.807) is 0 Å². The fourth-order valence-corrected chi connectivity index (χ4v) is 3.12. The molecule has 1 aromatic rings. The Morgan fingerprint density at radius 3 is 1.88 bits per heavy atom. The van der Waals surface area contributed by atoms with Crippen LogP contribution in [0.3, 0.4) is 0 Å². The zero-order valence-corrected chi connectivity index (χ0v) is 13.9. The largest absolute Gasteiger partial charge is 0.376 e. The highest BCUT2D eigenvalue weighted by Crippen LogP contribution is 2.37. The summed E-state index contributed by atoms with van der Waals surface area (Å²) in [5.41, 5.74) is 1.78. The third-order valence-electron chi connectivity index (χ3n) is 1.91. The lowest BCUT2D eigenvalue weighted by molar-refractivity contribution is 0.552. The Morgan fingerprint density at radius 1 is 1.06 bits per heavy atom. The molecule has 0 atom stereocenters. The second kappa shape index (κ2) is 5.48. The normalized spacial score (nSPS) is 12.2. The van der Waals surface area contributed by atoms with E-state index < -0.39 is 0 Å². The lowest BCUT2D eigenvalue weighted by atomic mass is 10.1. The first-order valence-electron chi connectivity index (χ1n) is 5.30. The molecule has 0 saturated carbocycles. The van der Waals surface area contributed by atoms with Crippen LogP contribution < -0.4 is 4.90 Å². The number of halogens is 2. The molecule has 0 aliphatic carbocycles. The fraction of sp³-hybridized carbons (Fsp3) is 0.500. The Labute approximate surface area is 120 Å². The Kier molecular flexibility index (Phi) is 4.72. The minimum Gasteiger partial charge on any atom is -0.376 e. The van der Waals surface area contributed by atoms with E-state index in [-0.39, 0.29) is 5.54 Å². The van der Waals surface area contributed by atoms with Gasteiger partial charge < -0.3 is 4.90 Å². The Hall–Kier alpha value is -0.420. The highest BCUT2D eigenvalue weighted by molar-refractivity contribution is 9.11. The SMILES string of the molecule is CN(C)c1c(Br)cc(N=NC(C)(C)C)cc1Br. The molecular weight excluding hydrogens is 346 g/mol. The molecule has 0 amide bonds. The van der Waals surface area contributed by atoms with E-state index in [2.05, 4.69) is 42.1 Å². The topological polar surface area (TPSA) is 28.0 Å². The van der Waals surface area contributed by atoms with Crippen LogP contribution in [0.25, 0.3) is 0 Å². The molecule has 0 spiro atoms. The van der Waals surface area contributed by atoms with Crippen molar-refractivity contribution in [1.29, 1.82) is 0 Å². The molecule has 94 valence electrons. The van der Waals surface area contributed by atoms with Gasteiger partial charge in [0.2, 0.25) is 0 Å². The maximum Gasteiger partial charge on any atom is 0.0876 e. The van der Waals surface area contributed by atoms with Crippen molar-refractivity contribution >= 4 is 43.2 Å². The number of hydrogen-bond donors (Lipinski definition) is 0. The van der Waals surface area contributed by atoms with Crippen molar-refractivity contribution in [2.45, 2.75) is 26.3 Å². The Morgan fingerprint density at radius 2 is 1.53 bits per heavy atom. The Balaban J connectivity index is 3.11. The van der Waals surface area contributed by atoms with Gasteiger partial charge >= 0.3 is 0 Å². The van der Waals surface area contributed by atoms with Crippen molar-refractivity contribution in [2.75, 3.05) is 19.0 Å². The summed E-state index contributed by atoms with van der Waals surface area (Å²) in [6.45, 7) is 6.07. The standard InChI is InChI=1S/C12H17Br2N3/c1-12(2,3)16-15-8-6-9(13)11(17(4)5)10(14)7-8/h6-7H,1-5H3. The molecule has 0 aliphatic heterocycles. The second-order valence-electron chi connectivity index (χ2n) is 5.02. The zero-order chi connectivity index (χ0) is 13.2. The molecule has 0 fully saturated rings. The molecule has 1 rings (SSSR count). The molecular formula is C12H17Br2N3. The lowest BCUT2D eigenvalue weighted by Crippen LogP contribution is -2.10. The molecule has 3 nitrogen and oxygen atoms in total. The van der Waals surface area contributed by atoms with Gasteiger partial charge in [-0.15, -0.1) is 0 Å². The summed E-state index contributed by atoms with van der Waals surface area (Å²) in [7, 11) is 4.00. The smallest absolute Gasteiger partial charge is 0.0876 e. The van der Waals surface area contributed by atoms with Crippen LogP contribution >= 0.6 is 31.9 Å². The minimum absolute atomic E-state index is 0.154. The van der Waals surface area contributed by atoms with Crippen LogP contribution in [0.5, 0.6) is 0 Å². The quantitative estimate of drug-likeness (QED) is 0.667. The van der Waals surface area contributed by atoms with Crippen LogP contribution in [0.15, 0.2) is 31.3 Å². The van der Waals surface area contributed by atoms with Crippen LogP contribution in [0.2, 0.25) is 0 Å². The van der Waals surface area contributed by atoms with Gasteiger partial charge in [-0.1, -0.05) is 0 Å². The van der Waals surface area contributed by atoms with Crippen molar-refractivity contribution in [3.8, 4) is 0 Å². The van der Waals surface area contributed by atoms with Gasteiger partial charge in [0.15, 0.2) is 0 Å². The predicted molar refractivity (Wildman–Crippen MR) is 80.4 cm³/mol. The molecule has 0 unspecified atom stereocenters.